The van der Waals surface area contributed by atoms with Crippen LogP contribution in [0.3, 0.4) is 0 Å². The van der Waals surface area contributed by atoms with Crippen molar-refractivity contribution in [3.05, 3.63) is 29.3 Å². The van der Waals surface area contributed by atoms with Gasteiger partial charge in [0.15, 0.2) is 0 Å². The third-order valence-electron chi connectivity index (χ3n) is 3.00. The van der Waals surface area contributed by atoms with Crippen molar-refractivity contribution < 1.29 is 9.59 Å². The number of hydrogen-bond donors (Lipinski definition) is 1. The van der Waals surface area contributed by atoms with Crippen LogP contribution in [0.2, 0.25) is 0 Å². The summed E-state index contributed by atoms with van der Waals surface area (Å²) in [7, 11) is 0. The lowest BCUT2D eigenvalue weighted by molar-refractivity contribution is -0.117. The monoisotopic (exact) mass is 232 g/mol. The Balaban J connectivity index is 2.05. The van der Waals surface area contributed by atoms with Crippen molar-refractivity contribution in [1.29, 1.82) is 0 Å². The molecule has 0 spiro atoms. The van der Waals surface area contributed by atoms with E-state index < -0.39 is 0 Å². The molecule has 0 saturated heterocycles. The highest BCUT2D eigenvalue weighted by Crippen LogP contribution is 2.27. The number of carbonyl (C=O) groups is 2. The predicted molar refractivity (Wildman–Crippen MR) is 65.5 cm³/mol. The maximum absolute atomic E-state index is 12.1. The predicted octanol–water partition coefficient (Wildman–Crippen LogP) is 1.59. The van der Waals surface area contributed by atoms with Crippen molar-refractivity contribution in [2.24, 2.45) is 0 Å². The van der Waals surface area contributed by atoms with Crippen molar-refractivity contribution >= 4 is 17.4 Å². The summed E-state index contributed by atoms with van der Waals surface area (Å²) in [6.07, 6.45) is 1.24. The van der Waals surface area contributed by atoms with Crippen molar-refractivity contribution in [1.82, 2.24) is 4.90 Å². The number of hydrogen-bond acceptors (Lipinski definition) is 3. The highest BCUT2D eigenvalue weighted by Gasteiger charge is 2.28. The molecule has 2 N–H and O–H groups in total. The molecule has 1 heterocycles. The second-order valence-electron chi connectivity index (χ2n) is 4.41. The molecule has 4 nitrogen and oxygen atoms in total. The zero-order chi connectivity index (χ0) is 12.4. The highest BCUT2D eigenvalue weighted by atomic mass is 16.2. The third-order valence-corrected chi connectivity index (χ3v) is 3.00. The van der Waals surface area contributed by atoms with E-state index in [0.717, 1.165) is 12.0 Å². The Morgan fingerprint density at radius 1 is 1.47 bits per heavy atom. The first kappa shape index (κ1) is 11.6. The minimum absolute atomic E-state index is 0.0124. The zero-order valence-corrected chi connectivity index (χ0v) is 9.90. The Morgan fingerprint density at radius 3 is 2.88 bits per heavy atom. The second kappa shape index (κ2) is 4.57. The molecule has 4 heteroatoms. The number of anilines is 1. The maximum Gasteiger partial charge on any atom is 0.256 e. The van der Waals surface area contributed by atoms with Gasteiger partial charge in [-0.05, 0) is 25.0 Å². The molecule has 0 unspecified atom stereocenters. The number of benzene rings is 1. The van der Waals surface area contributed by atoms with Crippen molar-refractivity contribution in [2.75, 3.05) is 12.3 Å². The first-order valence-corrected chi connectivity index (χ1v) is 5.75. The highest BCUT2D eigenvalue weighted by molar-refractivity contribution is 6.03. The number of nitrogen functional groups attached to an aromatic ring is 1. The van der Waals surface area contributed by atoms with Crippen LogP contribution in [0.4, 0.5) is 5.69 Å². The summed E-state index contributed by atoms with van der Waals surface area (Å²) < 4.78 is 0. The standard InChI is InChI=1S/C13H16N2O2/c1-9(16)4-3-7-15-8-10-5-2-6-11(14)12(10)13(15)17/h2,5-6H,3-4,7-8,14H2,1H3. The largest absolute Gasteiger partial charge is 0.398 e. The zero-order valence-electron chi connectivity index (χ0n) is 9.90. The summed E-state index contributed by atoms with van der Waals surface area (Å²) in [5.41, 5.74) is 7.96. The minimum Gasteiger partial charge on any atom is -0.398 e. The summed E-state index contributed by atoms with van der Waals surface area (Å²) in [6.45, 7) is 2.79. The topological polar surface area (TPSA) is 63.4 Å². The van der Waals surface area contributed by atoms with Gasteiger partial charge in [0, 0.05) is 25.2 Å². The van der Waals surface area contributed by atoms with E-state index in [-0.39, 0.29) is 11.7 Å². The average Bonchev–Trinajstić information content (AvgIpc) is 2.57. The molecule has 0 aromatic heterocycles. The molecule has 0 radical (unpaired) electrons. The van der Waals surface area contributed by atoms with Crippen LogP contribution in [0.1, 0.15) is 35.7 Å². The van der Waals surface area contributed by atoms with E-state index in [2.05, 4.69) is 0 Å². The quantitative estimate of drug-likeness (QED) is 0.802. The van der Waals surface area contributed by atoms with E-state index in [1.807, 2.05) is 12.1 Å². The van der Waals surface area contributed by atoms with Gasteiger partial charge in [-0.3, -0.25) is 4.79 Å². The number of nitrogens with zero attached hydrogens (tertiary/aromatic N) is 1. The smallest absolute Gasteiger partial charge is 0.256 e. The molecule has 0 bridgehead atoms. The minimum atomic E-state index is -0.0124. The number of ketones is 1. The molecule has 0 saturated carbocycles. The van der Waals surface area contributed by atoms with Crippen LogP contribution >= 0.6 is 0 Å². The van der Waals surface area contributed by atoms with E-state index in [0.29, 0.717) is 30.8 Å². The normalized spacial score (nSPS) is 13.9. The van der Waals surface area contributed by atoms with Gasteiger partial charge in [-0.1, -0.05) is 12.1 Å². The summed E-state index contributed by atoms with van der Waals surface area (Å²) in [4.78, 5) is 24.7. The summed E-state index contributed by atoms with van der Waals surface area (Å²) in [5, 5.41) is 0. The van der Waals surface area contributed by atoms with Gasteiger partial charge in [-0.2, -0.15) is 0 Å². The fraction of sp³-hybridized carbons (Fsp3) is 0.385. The van der Waals surface area contributed by atoms with Crippen LogP contribution in [-0.2, 0) is 11.3 Å². The van der Waals surface area contributed by atoms with Crippen LogP contribution in [0.5, 0.6) is 0 Å². The number of amides is 1. The molecular formula is C13H16N2O2. The molecule has 0 aliphatic carbocycles. The lowest BCUT2D eigenvalue weighted by Crippen LogP contribution is -2.25. The van der Waals surface area contributed by atoms with E-state index in [1.54, 1.807) is 17.9 Å². The van der Waals surface area contributed by atoms with Gasteiger partial charge in [0.25, 0.3) is 5.91 Å². The number of fused-ring (bicyclic) bond motifs is 1. The number of nitrogens with two attached hydrogens (primary N) is 1. The Bertz CT molecular complexity index is 468. The summed E-state index contributed by atoms with van der Waals surface area (Å²) in [5.74, 6) is 0.148. The lowest BCUT2D eigenvalue weighted by Gasteiger charge is -2.14. The molecule has 1 aliphatic heterocycles. The fourth-order valence-corrected chi connectivity index (χ4v) is 2.15. The van der Waals surface area contributed by atoms with Crippen LogP contribution in [-0.4, -0.2) is 23.1 Å². The number of rotatable bonds is 4. The van der Waals surface area contributed by atoms with Crippen LogP contribution in [0.15, 0.2) is 18.2 Å². The molecule has 17 heavy (non-hydrogen) atoms. The second-order valence-corrected chi connectivity index (χ2v) is 4.41. The number of carbonyl (C=O) groups excluding carboxylic acids is 2. The summed E-state index contributed by atoms with van der Waals surface area (Å²) >= 11 is 0. The Labute approximate surface area is 100 Å². The third kappa shape index (κ3) is 2.30. The molecule has 1 amide bonds. The van der Waals surface area contributed by atoms with Gasteiger partial charge in [-0.25, -0.2) is 0 Å². The van der Waals surface area contributed by atoms with Gasteiger partial charge < -0.3 is 15.4 Å². The first-order valence-electron chi connectivity index (χ1n) is 5.75. The van der Waals surface area contributed by atoms with Gasteiger partial charge in [0.05, 0.1) is 5.56 Å². The van der Waals surface area contributed by atoms with Crippen LogP contribution in [0, 0.1) is 0 Å². The van der Waals surface area contributed by atoms with Gasteiger partial charge in [0.2, 0.25) is 0 Å². The van der Waals surface area contributed by atoms with Crippen molar-refractivity contribution in [3.63, 3.8) is 0 Å². The van der Waals surface area contributed by atoms with Gasteiger partial charge in [0.1, 0.15) is 5.78 Å². The molecule has 1 aromatic rings. The molecule has 1 aliphatic rings. The Morgan fingerprint density at radius 2 is 2.24 bits per heavy atom. The molecule has 90 valence electrons. The van der Waals surface area contributed by atoms with E-state index in [4.69, 9.17) is 5.73 Å². The summed E-state index contributed by atoms with van der Waals surface area (Å²) in [6, 6.07) is 5.53. The average molecular weight is 232 g/mol. The Hall–Kier alpha value is -1.84. The Kier molecular flexibility index (Phi) is 3.13. The van der Waals surface area contributed by atoms with Crippen LogP contribution < -0.4 is 5.73 Å². The molecule has 0 atom stereocenters. The maximum atomic E-state index is 12.1. The lowest BCUT2D eigenvalue weighted by atomic mass is 10.1. The van der Waals surface area contributed by atoms with Crippen molar-refractivity contribution in [2.45, 2.75) is 26.3 Å². The molecular weight excluding hydrogens is 216 g/mol. The molecule has 1 aromatic carbocycles. The van der Waals surface area contributed by atoms with Gasteiger partial charge >= 0.3 is 0 Å². The molecule has 2 rings (SSSR count). The first-order chi connectivity index (χ1) is 8.09. The number of Topliss-reactive ketones (excluding diaryl/α,β-unsaturated/α-hetero) is 1. The fourth-order valence-electron chi connectivity index (χ4n) is 2.15. The van der Waals surface area contributed by atoms with Crippen molar-refractivity contribution in [3.8, 4) is 0 Å². The van der Waals surface area contributed by atoms with Crippen LogP contribution in [0.25, 0.3) is 0 Å². The van der Waals surface area contributed by atoms with E-state index in [9.17, 15) is 9.59 Å². The van der Waals surface area contributed by atoms with Gasteiger partial charge in [-0.15, -0.1) is 0 Å². The van der Waals surface area contributed by atoms with E-state index in [1.165, 1.54) is 0 Å². The molecule has 0 fully saturated rings. The SMILES string of the molecule is CC(=O)CCCN1Cc2cccc(N)c2C1=O. The van der Waals surface area contributed by atoms with E-state index >= 15 is 0 Å².